The molecule has 0 saturated heterocycles. The van der Waals surface area contributed by atoms with E-state index in [0.29, 0.717) is 0 Å². The fourth-order valence-corrected chi connectivity index (χ4v) is 3.06. The van der Waals surface area contributed by atoms with Gasteiger partial charge in [0.05, 0.1) is 0 Å². The van der Waals surface area contributed by atoms with Crippen LogP contribution in [0.15, 0.2) is 46.2 Å². The molecule has 0 aliphatic heterocycles. The van der Waals surface area contributed by atoms with E-state index in [-0.39, 0.29) is 0 Å². The quantitative estimate of drug-likeness (QED) is 0.879. The van der Waals surface area contributed by atoms with Gasteiger partial charge >= 0.3 is 0 Å². The van der Waals surface area contributed by atoms with Gasteiger partial charge in [0.25, 0.3) is 0 Å². The maximum absolute atomic E-state index is 3.24. The molecule has 0 aromatic heterocycles. The molecule has 0 saturated carbocycles. The van der Waals surface area contributed by atoms with Crippen LogP contribution in [0.2, 0.25) is 0 Å². The Morgan fingerprint density at radius 1 is 0.947 bits per heavy atom. The van der Waals surface area contributed by atoms with Crippen molar-refractivity contribution in [3.63, 3.8) is 0 Å². The molecule has 0 spiro atoms. The zero-order chi connectivity index (χ0) is 13.8. The summed E-state index contributed by atoms with van der Waals surface area (Å²) < 4.78 is 0. The molecule has 0 heterocycles. The molecule has 2 heteroatoms. The summed E-state index contributed by atoms with van der Waals surface area (Å²) in [4.78, 5) is 2.65. The van der Waals surface area contributed by atoms with Crippen LogP contribution in [0.3, 0.4) is 0 Å². The molecule has 19 heavy (non-hydrogen) atoms. The Morgan fingerprint density at radius 2 is 1.74 bits per heavy atom. The summed E-state index contributed by atoms with van der Waals surface area (Å²) in [5.74, 6) is 0. The lowest BCUT2D eigenvalue weighted by Gasteiger charge is -2.11. The summed E-state index contributed by atoms with van der Waals surface area (Å²) in [5, 5.41) is 3.24. The van der Waals surface area contributed by atoms with E-state index in [1.165, 1.54) is 32.0 Å². The Hall–Kier alpha value is -1.25. The zero-order valence-electron chi connectivity index (χ0n) is 12.1. The van der Waals surface area contributed by atoms with Gasteiger partial charge in [0.2, 0.25) is 0 Å². The number of hydrogen-bond acceptors (Lipinski definition) is 2. The van der Waals surface area contributed by atoms with Crippen LogP contribution in [0.4, 0.5) is 0 Å². The van der Waals surface area contributed by atoms with Crippen molar-refractivity contribution in [2.45, 2.75) is 37.1 Å². The second kappa shape index (κ2) is 6.27. The van der Waals surface area contributed by atoms with Crippen LogP contribution >= 0.6 is 11.8 Å². The molecule has 0 aliphatic carbocycles. The minimum absolute atomic E-state index is 0.912. The molecule has 0 atom stereocenters. The molecule has 2 rings (SSSR count). The van der Waals surface area contributed by atoms with Gasteiger partial charge in [-0.25, -0.2) is 0 Å². The fraction of sp³-hybridized carbons (Fsp3) is 0.294. The summed E-state index contributed by atoms with van der Waals surface area (Å²) in [5.41, 5.74) is 5.39. The summed E-state index contributed by atoms with van der Waals surface area (Å²) in [6.07, 6.45) is 0. The number of nitrogens with one attached hydrogen (secondary N) is 1. The largest absolute Gasteiger partial charge is 0.316 e. The molecule has 0 fully saturated rings. The minimum Gasteiger partial charge on any atom is -0.316 e. The van der Waals surface area contributed by atoms with Crippen molar-refractivity contribution in [3.8, 4) is 0 Å². The van der Waals surface area contributed by atoms with E-state index in [2.05, 4.69) is 62.5 Å². The van der Waals surface area contributed by atoms with Gasteiger partial charge in [-0.1, -0.05) is 35.5 Å². The average molecular weight is 271 g/mol. The van der Waals surface area contributed by atoms with Crippen molar-refractivity contribution in [2.24, 2.45) is 0 Å². The summed E-state index contributed by atoms with van der Waals surface area (Å²) in [6.45, 7) is 7.38. The topological polar surface area (TPSA) is 12.0 Å². The molecule has 2 aromatic rings. The van der Waals surface area contributed by atoms with Gasteiger partial charge in [0.15, 0.2) is 0 Å². The molecule has 0 aliphatic rings. The van der Waals surface area contributed by atoms with Crippen molar-refractivity contribution in [2.75, 3.05) is 7.05 Å². The van der Waals surface area contributed by atoms with E-state index in [0.717, 1.165) is 6.54 Å². The predicted molar refractivity (Wildman–Crippen MR) is 84.0 cm³/mol. The Bertz CT molecular complexity index is 575. The van der Waals surface area contributed by atoms with E-state index < -0.39 is 0 Å². The van der Waals surface area contributed by atoms with Crippen LogP contribution in [0.25, 0.3) is 0 Å². The smallest absolute Gasteiger partial charge is 0.0213 e. The van der Waals surface area contributed by atoms with Crippen molar-refractivity contribution in [1.82, 2.24) is 5.32 Å². The van der Waals surface area contributed by atoms with Gasteiger partial charge in [0, 0.05) is 16.3 Å². The first-order valence-corrected chi connectivity index (χ1v) is 7.41. The molecule has 0 radical (unpaired) electrons. The monoisotopic (exact) mass is 271 g/mol. The van der Waals surface area contributed by atoms with Gasteiger partial charge in [-0.3, -0.25) is 0 Å². The summed E-state index contributed by atoms with van der Waals surface area (Å²) in [7, 11) is 1.99. The van der Waals surface area contributed by atoms with E-state index >= 15 is 0 Å². The Labute approximate surface area is 120 Å². The molecule has 1 nitrogen and oxygen atoms in total. The molecular formula is C17H21NS. The van der Waals surface area contributed by atoms with Crippen molar-refractivity contribution < 1.29 is 0 Å². The molecular weight excluding hydrogens is 250 g/mol. The highest BCUT2D eigenvalue weighted by Gasteiger charge is 2.05. The number of hydrogen-bond donors (Lipinski definition) is 1. The maximum atomic E-state index is 3.24. The van der Waals surface area contributed by atoms with Gasteiger partial charge in [-0.2, -0.15) is 0 Å². The molecule has 100 valence electrons. The highest BCUT2D eigenvalue weighted by Crippen LogP contribution is 2.32. The van der Waals surface area contributed by atoms with Crippen LogP contribution in [-0.2, 0) is 6.54 Å². The minimum atomic E-state index is 0.912. The number of benzene rings is 2. The lowest BCUT2D eigenvalue weighted by molar-refractivity contribution is 0.802. The first-order valence-electron chi connectivity index (χ1n) is 6.59. The van der Waals surface area contributed by atoms with Crippen LogP contribution in [0.1, 0.15) is 22.3 Å². The van der Waals surface area contributed by atoms with E-state index in [1.807, 2.05) is 18.8 Å². The fourth-order valence-electron chi connectivity index (χ4n) is 2.04. The van der Waals surface area contributed by atoms with Gasteiger partial charge < -0.3 is 5.32 Å². The maximum Gasteiger partial charge on any atom is 0.0213 e. The van der Waals surface area contributed by atoms with Gasteiger partial charge in [-0.05, 0) is 62.7 Å². The highest BCUT2D eigenvalue weighted by atomic mass is 32.2. The first-order chi connectivity index (χ1) is 9.10. The standard InChI is InChI=1S/C17H21NS/c1-12-5-8-17(15(9-12)11-18-4)19-16-7-6-13(2)14(3)10-16/h5-10,18H,11H2,1-4H3. The van der Waals surface area contributed by atoms with Crippen LogP contribution in [-0.4, -0.2) is 7.05 Å². The second-order valence-corrected chi connectivity index (χ2v) is 6.10. The highest BCUT2D eigenvalue weighted by molar-refractivity contribution is 7.99. The second-order valence-electron chi connectivity index (χ2n) is 4.99. The van der Waals surface area contributed by atoms with Crippen LogP contribution < -0.4 is 5.32 Å². The Morgan fingerprint density at radius 3 is 2.42 bits per heavy atom. The number of rotatable bonds is 4. The lowest BCUT2D eigenvalue weighted by atomic mass is 10.1. The predicted octanol–water partition coefficient (Wildman–Crippen LogP) is 4.48. The van der Waals surface area contributed by atoms with Crippen LogP contribution in [0.5, 0.6) is 0 Å². The van der Waals surface area contributed by atoms with Crippen molar-refractivity contribution >= 4 is 11.8 Å². The Kier molecular flexibility index (Phi) is 4.67. The SMILES string of the molecule is CNCc1cc(C)ccc1Sc1ccc(C)c(C)c1. The third-order valence-corrected chi connectivity index (χ3v) is 4.40. The third-order valence-electron chi connectivity index (χ3n) is 3.29. The van der Waals surface area contributed by atoms with Crippen molar-refractivity contribution in [3.05, 3.63) is 58.7 Å². The molecule has 2 aromatic carbocycles. The van der Waals surface area contributed by atoms with Gasteiger partial charge in [0.1, 0.15) is 0 Å². The van der Waals surface area contributed by atoms with E-state index in [9.17, 15) is 0 Å². The molecule has 0 bridgehead atoms. The number of aryl methyl sites for hydroxylation is 3. The zero-order valence-corrected chi connectivity index (χ0v) is 12.9. The van der Waals surface area contributed by atoms with E-state index in [1.54, 1.807) is 0 Å². The Balaban J connectivity index is 2.29. The van der Waals surface area contributed by atoms with Crippen molar-refractivity contribution in [1.29, 1.82) is 0 Å². The molecule has 0 unspecified atom stereocenters. The first kappa shape index (κ1) is 14.2. The normalized spacial score (nSPS) is 10.7. The van der Waals surface area contributed by atoms with Gasteiger partial charge in [-0.15, -0.1) is 0 Å². The average Bonchev–Trinajstić information content (AvgIpc) is 2.37. The van der Waals surface area contributed by atoms with E-state index in [4.69, 9.17) is 0 Å². The summed E-state index contributed by atoms with van der Waals surface area (Å²) in [6, 6.07) is 13.3. The van der Waals surface area contributed by atoms with Crippen LogP contribution in [0, 0.1) is 20.8 Å². The third kappa shape index (κ3) is 3.62. The lowest BCUT2D eigenvalue weighted by Crippen LogP contribution is -2.06. The molecule has 1 N–H and O–H groups in total. The summed E-state index contributed by atoms with van der Waals surface area (Å²) >= 11 is 1.85. The molecule has 0 amide bonds.